The molecule has 92 valence electrons. The van der Waals surface area contributed by atoms with Crippen LogP contribution in [-0.2, 0) is 0 Å². The van der Waals surface area contributed by atoms with E-state index in [2.05, 4.69) is 10.4 Å². The van der Waals surface area contributed by atoms with Crippen molar-refractivity contribution in [3.05, 3.63) is 41.8 Å². The Bertz CT molecular complexity index is 624. The number of β-amino-alcohol motifs (C(OH)–C–C–N with tert-alkyl or cyclic N) is 1. The Hall–Kier alpha value is -2.21. The number of aliphatic hydroxyl groups is 1. The molecule has 1 aromatic carbocycles. The first-order valence-electron chi connectivity index (χ1n) is 5.47. The van der Waals surface area contributed by atoms with Crippen LogP contribution in [0.2, 0.25) is 0 Å². The molecule has 0 fully saturated rings. The highest BCUT2D eigenvalue weighted by Gasteiger charge is 2.25. The van der Waals surface area contributed by atoms with E-state index in [1.54, 1.807) is 12.1 Å². The van der Waals surface area contributed by atoms with Crippen molar-refractivity contribution in [1.29, 1.82) is 0 Å². The number of hydrogen-bond donors (Lipinski definition) is 2. The van der Waals surface area contributed by atoms with Crippen LogP contribution in [0.4, 0.5) is 4.39 Å². The van der Waals surface area contributed by atoms with Gasteiger partial charge in [0.05, 0.1) is 12.2 Å². The molecule has 2 N–H and O–H groups in total. The molecule has 1 aliphatic heterocycles. The molecule has 1 amide bonds. The van der Waals surface area contributed by atoms with Crippen molar-refractivity contribution in [1.82, 2.24) is 15.1 Å². The van der Waals surface area contributed by atoms with Gasteiger partial charge in [-0.1, -0.05) is 12.1 Å². The number of halogens is 1. The molecular weight excluding hydrogens is 237 g/mol. The number of aromatic nitrogens is 2. The standard InChI is InChI=1S/C12H10FN3O2/c13-8-3-1-2-7(4-8)9-5-10-12(18)14-6-11(17)16(10)15-9/h1-5,11,17H,6H2,(H,14,18)/t11-/m1/s1. The van der Waals surface area contributed by atoms with Crippen LogP contribution in [0, 0.1) is 5.82 Å². The summed E-state index contributed by atoms with van der Waals surface area (Å²) in [5.74, 6) is -0.668. The number of nitrogens with zero attached hydrogens (tertiary/aromatic N) is 2. The number of nitrogens with one attached hydrogen (secondary N) is 1. The zero-order chi connectivity index (χ0) is 12.7. The van der Waals surface area contributed by atoms with Crippen LogP contribution >= 0.6 is 0 Å². The number of hydrogen-bond acceptors (Lipinski definition) is 3. The molecule has 18 heavy (non-hydrogen) atoms. The Morgan fingerprint density at radius 2 is 2.28 bits per heavy atom. The molecule has 0 bridgehead atoms. The normalized spacial score (nSPS) is 18.3. The predicted molar refractivity (Wildman–Crippen MR) is 61.2 cm³/mol. The molecule has 3 rings (SSSR count). The second-order valence-electron chi connectivity index (χ2n) is 4.06. The van der Waals surface area contributed by atoms with Gasteiger partial charge in [0.25, 0.3) is 5.91 Å². The third-order valence-corrected chi connectivity index (χ3v) is 2.82. The fraction of sp³-hybridized carbons (Fsp3) is 0.167. The largest absolute Gasteiger partial charge is 0.370 e. The maximum Gasteiger partial charge on any atom is 0.269 e. The number of benzene rings is 1. The number of fused-ring (bicyclic) bond motifs is 1. The Kier molecular flexibility index (Phi) is 2.38. The molecule has 6 heteroatoms. The van der Waals surface area contributed by atoms with E-state index < -0.39 is 6.23 Å². The van der Waals surface area contributed by atoms with E-state index in [9.17, 15) is 14.3 Å². The number of rotatable bonds is 1. The molecule has 0 saturated heterocycles. The van der Waals surface area contributed by atoms with Gasteiger partial charge >= 0.3 is 0 Å². The van der Waals surface area contributed by atoms with Crippen molar-refractivity contribution in [2.45, 2.75) is 6.23 Å². The highest BCUT2D eigenvalue weighted by molar-refractivity contribution is 5.94. The van der Waals surface area contributed by atoms with Crippen LogP contribution in [0.15, 0.2) is 30.3 Å². The Morgan fingerprint density at radius 1 is 1.44 bits per heavy atom. The molecule has 1 atom stereocenters. The SMILES string of the molecule is O=C1NC[C@@H](O)n2nc(-c3cccc(F)c3)cc21. The Balaban J connectivity index is 2.10. The zero-order valence-electron chi connectivity index (χ0n) is 9.30. The average molecular weight is 247 g/mol. The number of aliphatic hydroxyl groups excluding tert-OH is 1. The van der Waals surface area contributed by atoms with Crippen molar-refractivity contribution in [2.75, 3.05) is 6.54 Å². The van der Waals surface area contributed by atoms with Crippen LogP contribution in [0.5, 0.6) is 0 Å². The predicted octanol–water partition coefficient (Wildman–Crippen LogP) is 0.923. The summed E-state index contributed by atoms with van der Waals surface area (Å²) in [6, 6.07) is 7.47. The Labute approximate surface area is 102 Å². The molecule has 0 radical (unpaired) electrons. The minimum absolute atomic E-state index is 0.121. The molecule has 0 saturated carbocycles. The summed E-state index contributed by atoms with van der Waals surface area (Å²) in [4.78, 5) is 11.6. The fourth-order valence-corrected chi connectivity index (χ4v) is 1.94. The summed E-state index contributed by atoms with van der Waals surface area (Å²) in [5, 5.41) is 16.4. The smallest absolute Gasteiger partial charge is 0.269 e. The molecule has 1 aromatic heterocycles. The van der Waals surface area contributed by atoms with Crippen LogP contribution in [0.1, 0.15) is 16.7 Å². The van der Waals surface area contributed by atoms with Crippen molar-refractivity contribution in [3.63, 3.8) is 0 Å². The van der Waals surface area contributed by atoms with Crippen LogP contribution in [0.3, 0.4) is 0 Å². The van der Waals surface area contributed by atoms with E-state index in [1.165, 1.54) is 22.9 Å². The zero-order valence-corrected chi connectivity index (χ0v) is 9.30. The molecule has 0 unspecified atom stereocenters. The molecular formula is C12H10FN3O2. The lowest BCUT2D eigenvalue weighted by Gasteiger charge is -2.19. The second kappa shape index (κ2) is 3.92. The summed E-state index contributed by atoms with van der Waals surface area (Å²) < 4.78 is 14.4. The van der Waals surface area contributed by atoms with E-state index in [1.807, 2.05) is 0 Å². The van der Waals surface area contributed by atoms with Crippen LogP contribution in [0.25, 0.3) is 11.3 Å². The first kappa shape index (κ1) is 10.9. The summed E-state index contributed by atoms with van der Waals surface area (Å²) in [5.41, 5.74) is 1.30. The van der Waals surface area contributed by atoms with E-state index in [4.69, 9.17) is 0 Å². The lowest BCUT2D eigenvalue weighted by molar-refractivity contribution is 0.0594. The molecule has 1 aliphatic rings. The average Bonchev–Trinajstić information content (AvgIpc) is 2.80. The van der Waals surface area contributed by atoms with Gasteiger partial charge in [-0.2, -0.15) is 5.10 Å². The fourth-order valence-electron chi connectivity index (χ4n) is 1.94. The first-order valence-corrected chi connectivity index (χ1v) is 5.47. The number of amides is 1. The summed E-state index contributed by atoms with van der Waals surface area (Å²) in [6.07, 6.45) is -0.889. The van der Waals surface area contributed by atoms with Crippen LogP contribution in [-0.4, -0.2) is 27.3 Å². The van der Waals surface area contributed by atoms with Gasteiger partial charge in [0.1, 0.15) is 11.5 Å². The van der Waals surface area contributed by atoms with Crippen molar-refractivity contribution < 1.29 is 14.3 Å². The summed E-state index contributed by atoms with van der Waals surface area (Å²) >= 11 is 0. The highest BCUT2D eigenvalue weighted by Crippen LogP contribution is 2.23. The topological polar surface area (TPSA) is 67.2 Å². The van der Waals surface area contributed by atoms with E-state index in [0.717, 1.165) is 0 Å². The highest BCUT2D eigenvalue weighted by atomic mass is 19.1. The molecule has 0 aliphatic carbocycles. The van der Waals surface area contributed by atoms with E-state index in [-0.39, 0.29) is 24.0 Å². The van der Waals surface area contributed by atoms with Gasteiger partial charge in [0.2, 0.25) is 0 Å². The van der Waals surface area contributed by atoms with Crippen molar-refractivity contribution in [3.8, 4) is 11.3 Å². The lowest BCUT2D eigenvalue weighted by Crippen LogP contribution is -2.39. The molecule has 2 heterocycles. The second-order valence-corrected chi connectivity index (χ2v) is 4.06. The van der Waals surface area contributed by atoms with Gasteiger partial charge in [-0.15, -0.1) is 0 Å². The van der Waals surface area contributed by atoms with Gasteiger partial charge < -0.3 is 10.4 Å². The van der Waals surface area contributed by atoms with Gasteiger partial charge in [-0.05, 0) is 18.2 Å². The minimum atomic E-state index is -0.889. The molecule has 5 nitrogen and oxygen atoms in total. The number of carbonyl (C=O) groups excluding carboxylic acids is 1. The Morgan fingerprint density at radius 3 is 3.00 bits per heavy atom. The quantitative estimate of drug-likeness (QED) is 0.787. The maximum absolute atomic E-state index is 13.1. The number of carbonyl (C=O) groups is 1. The summed E-state index contributed by atoms with van der Waals surface area (Å²) in [7, 11) is 0. The van der Waals surface area contributed by atoms with Crippen molar-refractivity contribution >= 4 is 5.91 Å². The van der Waals surface area contributed by atoms with Gasteiger partial charge in [0, 0.05) is 5.56 Å². The van der Waals surface area contributed by atoms with Crippen LogP contribution < -0.4 is 5.32 Å². The van der Waals surface area contributed by atoms with Gasteiger partial charge in [-0.3, -0.25) is 4.79 Å². The minimum Gasteiger partial charge on any atom is -0.370 e. The van der Waals surface area contributed by atoms with Gasteiger partial charge in [0.15, 0.2) is 6.23 Å². The van der Waals surface area contributed by atoms with E-state index >= 15 is 0 Å². The monoisotopic (exact) mass is 247 g/mol. The van der Waals surface area contributed by atoms with Crippen molar-refractivity contribution in [2.24, 2.45) is 0 Å². The first-order chi connectivity index (χ1) is 8.65. The van der Waals surface area contributed by atoms with E-state index in [0.29, 0.717) is 11.3 Å². The van der Waals surface area contributed by atoms with Gasteiger partial charge in [-0.25, -0.2) is 9.07 Å². The maximum atomic E-state index is 13.1. The molecule has 0 spiro atoms. The third-order valence-electron chi connectivity index (χ3n) is 2.82. The lowest BCUT2D eigenvalue weighted by atomic mass is 10.1. The third kappa shape index (κ3) is 1.67. The molecule has 2 aromatic rings. The summed E-state index contributed by atoms with van der Waals surface area (Å²) in [6.45, 7) is 0.121.